The molecule has 13 heteroatoms. The molecule has 0 fully saturated rings. The minimum absolute atomic E-state index is 0.0460. The van der Waals surface area contributed by atoms with Crippen LogP contribution < -0.4 is 14.2 Å². The highest BCUT2D eigenvalue weighted by Crippen LogP contribution is 2.32. The summed E-state index contributed by atoms with van der Waals surface area (Å²) in [6.07, 6.45) is 1.36. The Kier molecular flexibility index (Phi) is 5.89. The van der Waals surface area contributed by atoms with E-state index in [9.17, 15) is 17.2 Å². The highest BCUT2D eigenvalue weighted by Gasteiger charge is 2.25. The SMILES string of the molecule is COc1nc(NS(=O)(=O)c2c[nH]c3c(-n4ccnc4C)cccc23)nc(OC)c1CC(F)F. The van der Waals surface area contributed by atoms with Gasteiger partial charge in [0.25, 0.3) is 10.0 Å². The molecule has 0 radical (unpaired) electrons. The van der Waals surface area contributed by atoms with E-state index >= 15 is 0 Å². The maximum atomic E-state index is 13.2. The molecule has 2 N–H and O–H groups in total. The number of aromatic amines is 1. The van der Waals surface area contributed by atoms with E-state index in [4.69, 9.17) is 9.47 Å². The summed E-state index contributed by atoms with van der Waals surface area (Å²) in [4.78, 5) is 15.0. The molecule has 10 nitrogen and oxygen atoms in total. The molecule has 4 rings (SSSR count). The van der Waals surface area contributed by atoms with Crippen LogP contribution in [0.1, 0.15) is 11.4 Å². The van der Waals surface area contributed by atoms with Crippen LogP contribution in [0.25, 0.3) is 16.6 Å². The van der Waals surface area contributed by atoms with Gasteiger partial charge >= 0.3 is 0 Å². The quantitative estimate of drug-likeness (QED) is 0.399. The van der Waals surface area contributed by atoms with Crippen molar-refractivity contribution in [3.63, 3.8) is 0 Å². The molecule has 33 heavy (non-hydrogen) atoms. The molecule has 0 amide bonds. The number of imidazole rings is 1. The molecule has 0 unspecified atom stereocenters. The monoisotopic (exact) mass is 478 g/mol. The standard InChI is InChI=1S/C20H20F2N6O4S/c1-11-23-7-8-28(11)14-6-4-5-12-15(10-24-17(12)14)33(29,30)27-20-25-18(31-2)13(9-16(21)22)19(26-20)32-3/h4-8,10,16,24H,9H2,1-3H3,(H,25,26,27). The van der Waals surface area contributed by atoms with Crippen molar-refractivity contribution in [2.45, 2.75) is 24.7 Å². The molecule has 0 aliphatic heterocycles. The first-order valence-corrected chi connectivity index (χ1v) is 11.1. The number of halogens is 2. The normalized spacial score (nSPS) is 11.8. The van der Waals surface area contributed by atoms with E-state index in [-0.39, 0.29) is 28.2 Å². The van der Waals surface area contributed by atoms with E-state index in [0.717, 1.165) is 11.5 Å². The Morgan fingerprint density at radius 1 is 1.18 bits per heavy atom. The van der Waals surface area contributed by atoms with Crippen molar-refractivity contribution < 1.29 is 26.7 Å². The molecule has 3 heterocycles. The largest absolute Gasteiger partial charge is 0.481 e. The maximum Gasteiger partial charge on any atom is 0.266 e. The summed E-state index contributed by atoms with van der Waals surface area (Å²) in [5, 5.41) is 0.432. The van der Waals surface area contributed by atoms with E-state index in [2.05, 4.69) is 24.7 Å². The van der Waals surface area contributed by atoms with Crippen LogP contribution in [0.2, 0.25) is 0 Å². The zero-order valence-electron chi connectivity index (χ0n) is 17.8. The fourth-order valence-corrected chi connectivity index (χ4v) is 4.61. The van der Waals surface area contributed by atoms with Crippen LogP contribution in [0.15, 0.2) is 41.7 Å². The number of H-pyrrole nitrogens is 1. The number of sulfonamides is 1. The highest BCUT2D eigenvalue weighted by atomic mass is 32.2. The van der Waals surface area contributed by atoms with Gasteiger partial charge in [0.05, 0.1) is 31.0 Å². The number of nitrogens with zero attached hydrogens (tertiary/aromatic N) is 4. The first kappa shape index (κ1) is 22.5. The minimum atomic E-state index is -4.17. The summed E-state index contributed by atoms with van der Waals surface area (Å²) >= 11 is 0. The molecule has 0 saturated heterocycles. The summed E-state index contributed by atoms with van der Waals surface area (Å²) in [5.41, 5.74) is 1.24. The van der Waals surface area contributed by atoms with Gasteiger partial charge in [0.1, 0.15) is 10.7 Å². The number of hydrogen-bond acceptors (Lipinski definition) is 7. The molecule has 174 valence electrons. The van der Waals surface area contributed by atoms with Gasteiger partial charge in [0, 0.05) is 30.4 Å². The average Bonchev–Trinajstić information content (AvgIpc) is 3.40. The zero-order chi connectivity index (χ0) is 23.8. The second-order valence-corrected chi connectivity index (χ2v) is 8.59. The molecular formula is C20H20F2N6O4S. The Hall–Kier alpha value is -3.74. The number of hydrogen-bond donors (Lipinski definition) is 2. The third kappa shape index (κ3) is 4.18. The Morgan fingerprint density at radius 2 is 1.88 bits per heavy atom. The number of nitrogens with one attached hydrogen (secondary N) is 2. The van der Waals surface area contributed by atoms with Crippen molar-refractivity contribution in [1.29, 1.82) is 0 Å². The van der Waals surface area contributed by atoms with Gasteiger partial charge in [-0.1, -0.05) is 12.1 Å². The van der Waals surface area contributed by atoms with Crippen molar-refractivity contribution >= 4 is 26.9 Å². The van der Waals surface area contributed by atoms with E-state index in [1.165, 1.54) is 20.4 Å². The number of rotatable bonds is 8. The number of para-hydroxylation sites is 1. The van der Waals surface area contributed by atoms with Gasteiger partial charge in [0.2, 0.25) is 24.1 Å². The van der Waals surface area contributed by atoms with Crippen LogP contribution >= 0.6 is 0 Å². The molecule has 0 spiro atoms. The van der Waals surface area contributed by atoms with Gasteiger partial charge in [-0.05, 0) is 13.0 Å². The highest BCUT2D eigenvalue weighted by molar-refractivity contribution is 7.93. The van der Waals surface area contributed by atoms with Crippen molar-refractivity contribution in [3.05, 3.63) is 48.2 Å². The van der Waals surface area contributed by atoms with E-state index in [1.807, 2.05) is 17.6 Å². The first-order valence-electron chi connectivity index (χ1n) is 9.65. The fourth-order valence-electron chi connectivity index (χ4n) is 3.50. The van der Waals surface area contributed by atoms with Crippen LogP contribution in [0.4, 0.5) is 14.7 Å². The van der Waals surface area contributed by atoms with Gasteiger partial charge in [0.15, 0.2) is 0 Å². The molecule has 0 saturated carbocycles. The number of methoxy groups -OCH3 is 2. The van der Waals surface area contributed by atoms with Gasteiger partial charge < -0.3 is 19.0 Å². The summed E-state index contributed by atoms with van der Waals surface area (Å²) in [5.74, 6) is -0.0675. The first-order chi connectivity index (χ1) is 15.7. The van der Waals surface area contributed by atoms with Crippen molar-refractivity contribution in [1.82, 2.24) is 24.5 Å². The molecule has 0 bridgehead atoms. The topological polar surface area (TPSA) is 124 Å². The lowest BCUT2D eigenvalue weighted by Crippen LogP contribution is -2.16. The van der Waals surface area contributed by atoms with Gasteiger partial charge in [-0.25, -0.2) is 26.9 Å². The Balaban J connectivity index is 1.75. The van der Waals surface area contributed by atoms with Crippen molar-refractivity contribution in [2.24, 2.45) is 0 Å². The molecule has 0 aliphatic rings. The van der Waals surface area contributed by atoms with Crippen LogP contribution in [0.3, 0.4) is 0 Å². The third-order valence-corrected chi connectivity index (χ3v) is 6.30. The minimum Gasteiger partial charge on any atom is -0.481 e. The summed E-state index contributed by atoms with van der Waals surface area (Å²) in [7, 11) is -1.71. The smallest absolute Gasteiger partial charge is 0.266 e. The van der Waals surface area contributed by atoms with Crippen LogP contribution in [-0.2, 0) is 16.4 Å². The van der Waals surface area contributed by atoms with E-state index in [1.54, 1.807) is 24.5 Å². The Bertz CT molecular complexity index is 1390. The maximum absolute atomic E-state index is 13.2. The Morgan fingerprint density at radius 3 is 2.45 bits per heavy atom. The summed E-state index contributed by atoms with van der Waals surface area (Å²) < 4.78 is 66.4. The van der Waals surface area contributed by atoms with Gasteiger partial charge in [-0.2, -0.15) is 9.97 Å². The zero-order valence-corrected chi connectivity index (χ0v) is 18.7. The molecule has 0 aliphatic carbocycles. The summed E-state index contributed by atoms with van der Waals surface area (Å²) in [6, 6.07) is 5.22. The molecular weight excluding hydrogens is 458 g/mol. The number of anilines is 1. The number of aryl methyl sites for hydroxylation is 1. The van der Waals surface area contributed by atoms with E-state index < -0.39 is 22.9 Å². The molecule has 0 atom stereocenters. The molecule has 4 aromatic rings. The predicted molar refractivity (Wildman–Crippen MR) is 116 cm³/mol. The second-order valence-electron chi connectivity index (χ2n) is 6.94. The lowest BCUT2D eigenvalue weighted by molar-refractivity contribution is 0.146. The third-order valence-electron chi connectivity index (χ3n) is 4.93. The van der Waals surface area contributed by atoms with Crippen LogP contribution in [0.5, 0.6) is 11.8 Å². The average molecular weight is 478 g/mol. The number of alkyl halides is 2. The predicted octanol–water partition coefficient (Wildman–Crippen LogP) is 3.08. The lowest BCUT2D eigenvalue weighted by atomic mass is 10.2. The van der Waals surface area contributed by atoms with Gasteiger partial charge in [-0.15, -0.1) is 0 Å². The lowest BCUT2D eigenvalue weighted by Gasteiger charge is -2.14. The van der Waals surface area contributed by atoms with Crippen LogP contribution in [-0.4, -0.2) is 53.6 Å². The molecule has 1 aromatic carbocycles. The molecule has 3 aromatic heterocycles. The number of aromatic nitrogens is 5. The number of fused-ring (bicyclic) bond motifs is 1. The van der Waals surface area contributed by atoms with Crippen molar-refractivity contribution in [2.75, 3.05) is 18.9 Å². The number of ether oxygens (including phenoxy) is 2. The van der Waals surface area contributed by atoms with Gasteiger partial charge in [-0.3, -0.25) is 0 Å². The fraction of sp³-hybridized carbons (Fsp3) is 0.250. The van der Waals surface area contributed by atoms with E-state index in [0.29, 0.717) is 10.9 Å². The van der Waals surface area contributed by atoms with Crippen molar-refractivity contribution in [3.8, 4) is 17.4 Å². The van der Waals surface area contributed by atoms with Crippen LogP contribution in [0, 0.1) is 6.92 Å². The summed E-state index contributed by atoms with van der Waals surface area (Å²) in [6.45, 7) is 1.83. The Labute approximate surface area is 187 Å². The number of benzene rings is 1. The second kappa shape index (κ2) is 8.65.